The van der Waals surface area contributed by atoms with Gasteiger partial charge in [0.2, 0.25) is 5.91 Å². The number of hydrogen-bond donors (Lipinski definition) is 3. The second kappa shape index (κ2) is 5.85. The number of anilines is 1. The summed E-state index contributed by atoms with van der Waals surface area (Å²) >= 11 is 0. The van der Waals surface area contributed by atoms with Crippen LogP contribution in [0.3, 0.4) is 0 Å². The van der Waals surface area contributed by atoms with E-state index in [-0.39, 0.29) is 22.9 Å². The molecule has 0 bridgehead atoms. The molecule has 1 aliphatic heterocycles. The lowest BCUT2D eigenvalue weighted by Crippen LogP contribution is -2.53. The predicted molar refractivity (Wildman–Crippen MR) is 81.6 cm³/mol. The molecular formula is C16H22N2O3. The molecule has 1 unspecified atom stereocenters. The molecule has 1 heterocycles. The van der Waals surface area contributed by atoms with Gasteiger partial charge in [-0.3, -0.25) is 4.79 Å². The first-order valence-electron chi connectivity index (χ1n) is 7.19. The number of carbonyl (C=O) groups is 2. The largest absolute Gasteiger partial charge is 0.478 e. The highest BCUT2D eigenvalue weighted by Crippen LogP contribution is 2.30. The monoisotopic (exact) mass is 290 g/mol. The lowest BCUT2D eigenvalue weighted by Gasteiger charge is -2.38. The molecule has 0 aliphatic carbocycles. The van der Waals surface area contributed by atoms with E-state index in [2.05, 4.69) is 24.5 Å². The summed E-state index contributed by atoms with van der Waals surface area (Å²) in [7, 11) is 0. The molecule has 3 N–H and O–H groups in total. The molecule has 1 fully saturated rings. The summed E-state index contributed by atoms with van der Waals surface area (Å²) in [5.41, 5.74) is 1.43. The highest BCUT2D eigenvalue weighted by atomic mass is 16.4. The van der Waals surface area contributed by atoms with Gasteiger partial charge in [-0.15, -0.1) is 0 Å². The number of carbonyl (C=O) groups excluding carboxylic acids is 1. The minimum atomic E-state index is -0.958. The molecule has 1 atom stereocenters. The van der Waals surface area contributed by atoms with Gasteiger partial charge in [0, 0.05) is 5.69 Å². The van der Waals surface area contributed by atoms with Crippen LogP contribution in [-0.4, -0.2) is 29.6 Å². The summed E-state index contributed by atoms with van der Waals surface area (Å²) in [5.74, 6) is -1.03. The normalized spacial score (nSPS) is 20.8. The van der Waals surface area contributed by atoms with Crippen molar-refractivity contribution in [2.24, 2.45) is 5.41 Å². The van der Waals surface area contributed by atoms with E-state index in [1.54, 1.807) is 19.1 Å². The van der Waals surface area contributed by atoms with E-state index >= 15 is 0 Å². The second-order valence-electron chi connectivity index (χ2n) is 6.30. The zero-order chi connectivity index (χ0) is 15.6. The minimum absolute atomic E-state index is 0.0674. The fraction of sp³-hybridized carbons (Fsp3) is 0.500. The first-order chi connectivity index (χ1) is 9.81. The van der Waals surface area contributed by atoms with Gasteiger partial charge in [-0.1, -0.05) is 13.8 Å². The highest BCUT2D eigenvalue weighted by molar-refractivity contribution is 5.96. The number of carboxylic acid groups (broad SMARTS) is 1. The van der Waals surface area contributed by atoms with Gasteiger partial charge in [-0.25, -0.2) is 4.79 Å². The van der Waals surface area contributed by atoms with Crippen molar-refractivity contribution in [1.29, 1.82) is 0 Å². The number of nitrogens with one attached hydrogen (secondary N) is 2. The quantitative estimate of drug-likeness (QED) is 0.799. The Morgan fingerprint density at radius 3 is 2.67 bits per heavy atom. The van der Waals surface area contributed by atoms with Crippen LogP contribution in [0.4, 0.5) is 5.69 Å². The molecule has 0 saturated carbocycles. The maximum absolute atomic E-state index is 12.4. The van der Waals surface area contributed by atoms with Crippen LogP contribution in [0.5, 0.6) is 0 Å². The minimum Gasteiger partial charge on any atom is -0.478 e. The van der Waals surface area contributed by atoms with Crippen LogP contribution in [0, 0.1) is 12.3 Å². The zero-order valence-electron chi connectivity index (χ0n) is 12.7. The van der Waals surface area contributed by atoms with Gasteiger partial charge in [0.25, 0.3) is 0 Å². The maximum Gasteiger partial charge on any atom is 0.335 e. The van der Waals surface area contributed by atoms with Gasteiger partial charge in [-0.2, -0.15) is 0 Å². The Balaban J connectivity index is 2.12. The first-order valence-corrected chi connectivity index (χ1v) is 7.19. The van der Waals surface area contributed by atoms with Crippen LogP contribution >= 0.6 is 0 Å². The SMILES string of the molecule is Cc1cc(NC(=O)C2NCCCC2(C)C)ccc1C(=O)O. The molecule has 0 radical (unpaired) electrons. The number of aromatic carboxylic acids is 1. The molecule has 1 aliphatic rings. The average Bonchev–Trinajstić information content (AvgIpc) is 2.37. The number of carboxylic acids is 1. The van der Waals surface area contributed by atoms with Crippen molar-refractivity contribution in [3.05, 3.63) is 29.3 Å². The van der Waals surface area contributed by atoms with Crippen molar-refractivity contribution < 1.29 is 14.7 Å². The molecule has 1 saturated heterocycles. The van der Waals surface area contributed by atoms with Crippen LogP contribution < -0.4 is 10.6 Å². The Labute approximate surface area is 124 Å². The van der Waals surface area contributed by atoms with E-state index in [4.69, 9.17) is 5.11 Å². The van der Waals surface area contributed by atoms with Gasteiger partial charge < -0.3 is 15.7 Å². The van der Waals surface area contributed by atoms with E-state index in [9.17, 15) is 9.59 Å². The van der Waals surface area contributed by atoms with Gasteiger partial charge in [0.1, 0.15) is 0 Å². The molecule has 0 aromatic heterocycles. The van der Waals surface area contributed by atoms with E-state index < -0.39 is 5.97 Å². The third kappa shape index (κ3) is 3.42. The lowest BCUT2D eigenvalue weighted by molar-refractivity contribution is -0.121. The Bertz CT molecular complexity index is 567. The van der Waals surface area contributed by atoms with E-state index in [1.165, 1.54) is 6.07 Å². The molecule has 5 heteroatoms. The van der Waals surface area contributed by atoms with Gasteiger partial charge >= 0.3 is 5.97 Å². The lowest BCUT2D eigenvalue weighted by atomic mass is 9.77. The van der Waals surface area contributed by atoms with E-state index in [0.717, 1.165) is 19.4 Å². The summed E-state index contributed by atoms with van der Waals surface area (Å²) in [6, 6.07) is 4.61. The molecule has 21 heavy (non-hydrogen) atoms. The number of piperidine rings is 1. The number of rotatable bonds is 3. The molecule has 1 aromatic rings. The predicted octanol–water partition coefficient (Wildman–Crippen LogP) is 2.41. The van der Waals surface area contributed by atoms with Crippen LogP contribution in [0.2, 0.25) is 0 Å². The second-order valence-corrected chi connectivity index (χ2v) is 6.30. The Morgan fingerprint density at radius 1 is 1.38 bits per heavy atom. The van der Waals surface area contributed by atoms with Crippen molar-refractivity contribution in [2.45, 2.75) is 39.7 Å². The number of amides is 1. The summed E-state index contributed by atoms with van der Waals surface area (Å²) in [6.07, 6.45) is 2.08. The van der Waals surface area contributed by atoms with E-state index in [0.29, 0.717) is 11.3 Å². The van der Waals surface area contributed by atoms with Crippen LogP contribution in [0.15, 0.2) is 18.2 Å². The molecule has 2 rings (SSSR count). The topological polar surface area (TPSA) is 78.4 Å². The summed E-state index contributed by atoms with van der Waals surface area (Å²) < 4.78 is 0. The van der Waals surface area contributed by atoms with Crippen molar-refractivity contribution in [3.63, 3.8) is 0 Å². The van der Waals surface area contributed by atoms with E-state index in [1.807, 2.05) is 0 Å². The third-order valence-electron chi connectivity index (χ3n) is 4.11. The first kappa shape index (κ1) is 15.5. The molecule has 5 nitrogen and oxygen atoms in total. The molecule has 0 spiro atoms. The number of aryl methyl sites for hydroxylation is 1. The summed E-state index contributed by atoms with van der Waals surface area (Å²) in [4.78, 5) is 23.4. The smallest absolute Gasteiger partial charge is 0.335 e. The molecule has 114 valence electrons. The standard InChI is InChI=1S/C16H22N2O3/c1-10-9-11(5-6-12(10)15(20)21)18-14(19)13-16(2,3)7-4-8-17-13/h5-6,9,13,17H,4,7-8H2,1-3H3,(H,18,19)(H,20,21). The van der Waals surface area contributed by atoms with Gasteiger partial charge in [0.05, 0.1) is 11.6 Å². The fourth-order valence-corrected chi connectivity index (χ4v) is 2.85. The van der Waals surface area contributed by atoms with Crippen LogP contribution in [0.25, 0.3) is 0 Å². The van der Waals surface area contributed by atoms with Crippen LogP contribution in [0.1, 0.15) is 42.6 Å². The van der Waals surface area contributed by atoms with Gasteiger partial charge in [-0.05, 0) is 55.5 Å². The maximum atomic E-state index is 12.4. The highest BCUT2D eigenvalue weighted by Gasteiger charge is 2.37. The molecule has 1 aromatic carbocycles. The molecule has 1 amide bonds. The number of hydrogen-bond acceptors (Lipinski definition) is 3. The van der Waals surface area contributed by atoms with Crippen molar-refractivity contribution >= 4 is 17.6 Å². The number of benzene rings is 1. The fourth-order valence-electron chi connectivity index (χ4n) is 2.85. The third-order valence-corrected chi connectivity index (χ3v) is 4.11. The van der Waals surface area contributed by atoms with Crippen molar-refractivity contribution in [2.75, 3.05) is 11.9 Å². The summed E-state index contributed by atoms with van der Waals surface area (Å²) in [5, 5.41) is 15.2. The zero-order valence-corrected chi connectivity index (χ0v) is 12.7. The Morgan fingerprint density at radius 2 is 2.10 bits per heavy atom. The molecular weight excluding hydrogens is 268 g/mol. The van der Waals surface area contributed by atoms with Crippen molar-refractivity contribution in [1.82, 2.24) is 5.32 Å². The Hall–Kier alpha value is -1.88. The summed E-state index contributed by atoms with van der Waals surface area (Å²) in [6.45, 7) is 6.74. The van der Waals surface area contributed by atoms with Crippen LogP contribution in [-0.2, 0) is 4.79 Å². The Kier molecular flexibility index (Phi) is 4.32. The van der Waals surface area contributed by atoms with Crippen molar-refractivity contribution in [3.8, 4) is 0 Å². The van der Waals surface area contributed by atoms with Gasteiger partial charge in [0.15, 0.2) is 0 Å². The average molecular weight is 290 g/mol.